The van der Waals surface area contributed by atoms with Crippen LogP contribution in [-0.2, 0) is 19.6 Å². The zero-order valence-corrected chi connectivity index (χ0v) is 8.68. The summed E-state index contributed by atoms with van der Waals surface area (Å²) in [5.41, 5.74) is 0. The topological polar surface area (TPSA) is 92.7 Å². The summed E-state index contributed by atoms with van der Waals surface area (Å²) in [6.07, 6.45) is -0.169. The second kappa shape index (κ2) is 5.33. The molecule has 0 amide bonds. The monoisotopic (exact) mass is 247 g/mol. The summed E-state index contributed by atoms with van der Waals surface area (Å²) >= 11 is 0. The highest BCUT2D eigenvalue weighted by atomic mass is 32.2. The van der Waals surface area contributed by atoms with E-state index in [9.17, 15) is 22.0 Å². The van der Waals surface area contributed by atoms with Crippen LogP contribution in [0.1, 0.15) is 6.42 Å². The van der Waals surface area contributed by atoms with Gasteiger partial charge in [-0.25, -0.2) is 0 Å². The average molecular weight is 247 g/mol. The highest BCUT2D eigenvalue weighted by Crippen LogP contribution is 2.20. The van der Waals surface area contributed by atoms with Crippen LogP contribution in [0.4, 0.5) is 8.78 Å². The van der Waals surface area contributed by atoms with E-state index in [2.05, 4.69) is 10.1 Å². The summed E-state index contributed by atoms with van der Waals surface area (Å²) < 4.78 is 57.1. The lowest BCUT2D eigenvalue weighted by Gasteiger charge is -2.12. The largest absolute Gasteiger partial charge is 0.458 e. The highest BCUT2D eigenvalue weighted by Gasteiger charge is 2.45. The van der Waals surface area contributed by atoms with Gasteiger partial charge < -0.3 is 10.1 Å². The van der Waals surface area contributed by atoms with Crippen molar-refractivity contribution in [2.45, 2.75) is 11.7 Å². The van der Waals surface area contributed by atoms with Crippen LogP contribution in [0.25, 0.3) is 0 Å². The van der Waals surface area contributed by atoms with Crippen LogP contribution in [0.5, 0.6) is 0 Å². The van der Waals surface area contributed by atoms with Crippen molar-refractivity contribution in [3.05, 3.63) is 0 Å². The van der Waals surface area contributed by atoms with Crippen LogP contribution in [0, 0.1) is 0 Å². The van der Waals surface area contributed by atoms with Gasteiger partial charge in [0.05, 0.1) is 6.42 Å². The van der Waals surface area contributed by atoms with Crippen LogP contribution < -0.4 is 5.32 Å². The van der Waals surface area contributed by atoms with Crippen LogP contribution in [0.3, 0.4) is 0 Å². The van der Waals surface area contributed by atoms with Gasteiger partial charge in [-0.15, -0.1) is 0 Å². The smallest absolute Gasteiger partial charge is 0.402 e. The molecular weight excluding hydrogens is 236 g/mol. The number of rotatable bonds is 6. The fourth-order valence-electron chi connectivity index (χ4n) is 0.538. The van der Waals surface area contributed by atoms with Gasteiger partial charge in [0.15, 0.2) is 6.61 Å². The van der Waals surface area contributed by atoms with Gasteiger partial charge in [-0.2, -0.15) is 17.2 Å². The molecule has 90 valence electrons. The molecule has 0 aliphatic rings. The van der Waals surface area contributed by atoms with Gasteiger partial charge in [0.25, 0.3) is 0 Å². The van der Waals surface area contributed by atoms with E-state index in [0.29, 0.717) is 0 Å². The van der Waals surface area contributed by atoms with Gasteiger partial charge in [0.1, 0.15) is 0 Å². The number of esters is 1. The Kier molecular flexibility index (Phi) is 5.05. The molecule has 0 fully saturated rings. The maximum Gasteiger partial charge on any atom is 0.402 e. The third-order valence-electron chi connectivity index (χ3n) is 1.36. The molecule has 0 heterocycles. The van der Waals surface area contributed by atoms with E-state index < -0.39 is 27.9 Å². The standard InChI is InChI=1S/C6H11F2NO5S/c1-9-3-2-5(10)14-4-6(7,8)15(11,12)13/h9H,2-4H2,1H3,(H,11,12,13). The Bertz CT molecular complexity index is 315. The molecule has 0 atom stereocenters. The first-order valence-electron chi connectivity index (χ1n) is 3.86. The van der Waals surface area contributed by atoms with Gasteiger partial charge in [-0.1, -0.05) is 0 Å². The molecule has 9 heteroatoms. The van der Waals surface area contributed by atoms with E-state index >= 15 is 0 Å². The predicted molar refractivity (Wildman–Crippen MR) is 46.0 cm³/mol. The highest BCUT2D eigenvalue weighted by molar-refractivity contribution is 7.86. The van der Waals surface area contributed by atoms with Crippen molar-refractivity contribution in [1.29, 1.82) is 0 Å². The quantitative estimate of drug-likeness (QED) is 0.491. The number of hydrogen-bond donors (Lipinski definition) is 2. The Balaban J connectivity index is 4.11. The molecule has 0 spiro atoms. The summed E-state index contributed by atoms with van der Waals surface area (Å²) in [5, 5.41) is -1.90. The Morgan fingerprint density at radius 1 is 1.53 bits per heavy atom. The van der Waals surface area contributed by atoms with E-state index in [1.807, 2.05) is 0 Å². The third-order valence-corrected chi connectivity index (χ3v) is 2.23. The molecule has 6 nitrogen and oxygen atoms in total. The molecule has 0 aromatic heterocycles. The molecule has 0 bridgehead atoms. The van der Waals surface area contributed by atoms with E-state index in [1.54, 1.807) is 7.05 Å². The Labute approximate surface area is 85.3 Å². The average Bonchev–Trinajstić information content (AvgIpc) is 2.09. The number of ether oxygens (including phenoxy) is 1. The first kappa shape index (κ1) is 14.2. The van der Waals surface area contributed by atoms with Gasteiger partial charge in [-0.3, -0.25) is 9.35 Å². The molecular formula is C6H11F2NO5S. The normalized spacial score (nSPS) is 12.5. The maximum atomic E-state index is 12.5. The van der Waals surface area contributed by atoms with E-state index in [1.165, 1.54) is 0 Å². The molecule has 0 saturated heterocycles. The summed E-state index contributed by atoms with van der Waals surface area (Å²) in [5.74, 6) is -0.979. The number of halogens is 2. The molecule has 2 N–H and O–H groups in total. The minimum atomic E-state index is -5.54. The predicted octanol–water partition coefficient (Wildman–Crippen LogP) is -0.380. The van der Waals surface area contributed by atoms with E-state index in [0.717, 1.165) is 0 Å². The summed E-state index contributed by atoms with van der Waals surface area (Å²) in [6.45, 7) is -1.47. The lowest BCUT2D eigenvalue weighted by Crippen LogP contribution is -2.34. The molecule has 0 unspecified atom stereocenters. The van der Waals surface area contributed by atoms with Gasteiger partial charge in [0.2, 0.25) is 0 Å². The number of alkyl halides is 2. The molecule has 0 saturated carbocycles. The van der Waals surface area contributed by atoms with Gasteiger partial charge in [0, 0.05) is 6.54 Å². The molecule has 0 aromatic rings. The van der Waals surface area contributed by atoms with Gasteiger partial charge >= 0.3 is 21.3 Å². The van der Waals surface area contributed by atoms with E-state index in [-0.39, 0.29) is 13.0 Å². The summed E-state index contributed by atoms with van der Waals surface area (Å²) in [7, 11) is -4.00. The minimum Gasteiger partial charge on any atom is -0.458 e. The van der Waals surface area contributed by atoms with Crippen molar-refractivity contribution in [3.63, 3.8) is 0 Å². The van der Waals surface area contributed by atoms with Crippen LogP contribution in [0.15, 0.2) is 0 Å². The van der Waals surface area contributed by atoms with Crippen molar-refractivity contribution in [3.8, 4) is 0 Å². The first-order valence-corrected chi connectivity index (χ1v) is 5.30. The van der Waals surface area contributed by atoms with Crippen LogP contribution in [0.2, 0.25) is 0 Å². The van der Waals surface area contributed by atoms with Gasteiger partial charge in [-0.05, 0) is 7.05 Å². The molecule has 0 aliphatic heterocycles. The SMILES string of the molecule is CNCCC(=O)OCC(F)(F)S(=O)(=O)O. The number of nitrogens with one attached hydrogen (secondary N) is 1. The first-order chi connectivity index (χ1) is 6.70. The lowest BCUT2D eigenvalue weighted by atomic mass is 10.4. The van der Waals surface area contributed by atoms with Crippen LogP contribution in [-0.4, -0.2) is 44.4 Å². The second-order valence-corrected chi connectivity index (χ2v) is 4.17. The maximum absolute atomic E-state index is 12.5. The van der Waals surface area contributed by atoms with Crippen molar-refractivity contribution in [2.24, 2.45) is 0 Å². The number of carbonyl (C=O) groups is 1. The zero-order chi connectivity index (χ0) is 12.1. The summed E-state index contributed by atoms with van der Waals surface area (Å²) in [4.78, 5) is 10.7. The Morgan fingerprint density at radius 2 is 2.07 bits per heavy atom. The molecule has 0 aliphatic carbocycles. The Hall–Kier alpha value is -0.800. The number of hydrogen-bond acceptors (Lipinski definition) is 5. The van der Waals surface area contributed by atoms with Crippen LogP contribution >= 0.6 is 0 Å². The minimum absolute atomic E-state index is 0.169. The zero-order valence-electron chi connectivity index (χ0n) is 7.87. The van der Waals surface area contributed by atoms with Crippen molar-refractivity contribution in [2.75, 3.05) is 20.2 Å². The van der Waals surface area contributed by atoms with Crippen molar-refractivity contribution >= 4 is 16.1 Å². The lowest BCUT2D eigenvalue weighted by molar-refractivity contribution is -0.149. The fraction of sp³-hybridized carbons (Fsp3) is 0.833. The Morgan fingerprint density at radius 3 is 2.47 bits per heavy atom. The third kappa shape index (κ3) is 5.00. The van der Waals surface area contributed by atoms with Crippen molar-refractivity contribution < 1.29 is 31.3 Å². The fourth-order valence-corrected chi connectivity index (χ4v) is 0.746. The molecule has 15 heavy (non-hydrogen) atoms. The second-order valence-electron chi connectivity index (χ2n) is 2.63. The molecule has 0 rings (SSSR count). The molecule has 0 aromatic carbocycles. The number of carbonyl (C=O) groups excluding carboxylic acids is 1. The summed E-state index contributed by atoms with van der Waals surface area (Å²) in [6, 6.07) is 0. The van der Waals surface area contributed by atoms with E-state index in [4.69, 9.17) is 4.55 Å². The van der Waals surface area contributed by atoms with Crippen molar-refractivity contribution in [1.82, 2.24) is 5.32 Å². The molecule has 0 radical (unpaired) electrons.